The Hall–Kier alpha value is -2.04. The van der Waals surface area contributed by atoms with E-state index in [4.69, 9.17) is 4.74 Å². The molecule has 0 spiro atoms. The third kappa shape index (κ3) is 5.10. The number of aryl methyl sites for hydroxylation is 2. The lowest BCUT2D eigenvalue weighted by Crippen LogP contribution is -2.47. The zero-order chi connectivity index (χ0) is 16.0. The first-order chi connectivity index (χ1) is 9.85. The number of hydrogen-bond donors (Lipinski definition) is 2. The number of nitrogens with one attached hydrogen (secondary N) is 2. The molecular weight excluding hydrogens is 268 g/mol. The van der Waals surface area contributed by atoms with Crippen LogP contribution in [0.2, 0.25) is 0 Å². The van der Waals surface area contributed by atoms with Crippen LogP contribution >= 0.6 is 0 Å². The average Bonchev–Trinajstić information content (AvgIpc) is 2.40. The highest BCUT2D eigenvalue weighted by molar-refractivity contribution is 5.96. The molecule has 0 heterocycles. The van der Waals surface area contributed by atoms with Gasteiger partial charge in [0.25, 0.3) is 0 Å². The van der Waals surface area contributed by atoms with Crippen molar-refractivity contribution in [1.82, 2.24) is 5.32 Å². The summed E-state index contributed by atoms with van der Waals surface area (Å²) in [6, 6.07) is 5.08. The molecule has 21 heavy (non-hydrogen) atoms. The molecule has 1 aromatic rings. The molecule has 0 saturated heterocycles. The third-order valence-electron chi connectivity index (χ3n) is 3.27. The topological polar surface area (TPSA) is 67.4 Å². The van der Waals surface area contributed by atoms with Gasteiger partial charge in [-0.1, -0.05) is 19.9 Å². The first-order valence-corrected chi connectivity index (χ1v) is 7.16. The molecule has 1 aromatic carbocycles. The van der Waals surface area contributed by atoms with Gasteiger partial charge in [0.05, 0.1) is 6.61 Å². The van der Waals surface area contributed by atoms with Crippen LogP contribution in [0.1, 0.15) is 31.9 Å². The lowest BCUT2D eigenvalue weighted by molar-refractivity contribution is -0.119. The number of anilines is 1. The third-order valence-corrected chi connectivity index (χ3v) is 3.27. The number of ether oxygens (including phenoxy) is 1. The Kier molecular flexibility index (Phi) is 6.21. The zero-order valence-electron chi connectivity index (χ0n) is 13.3. The molecule has 0 saturated carbocycles. The van der Waals surface area contributed by atoms with Crippen LogP contribution in [0, 0.1) is 19.8 Å². The number of rotatable bonds is 5. The fourth-order valence-electron chi connectivity index (χ4n) is 1.87. The number of carbonyl (C=O) groups is 2. The van der Waals surface area contributed by atoms with E-state index in [9.17, 15) is 9.59 Å². The average molecular weight is 292 g/mol. The summed E-state index contributed by atoms with van der Waals surface area (Å²) in [4.78, 5) is 23.8. The second-order valence-corrected chi connectivity index (χ2v) is 5.37. The predicted octanol–water partition coefficient (Wildman–Crippen LogP) is 3.01. The van der Waals surface area contributed by atoms with Gasteiger partial charge < -0.3 is 15.4 Å². The van der Waals surface area contributed by atoms with E-state index in [2.05, 4.69) is 10.6 Å². The molecule has 2 N–H and O–H groups in total. The molecule has 0 aliphatic rings. The van der Waals surface area contributed by atoms with Crippen LogP contribution in [0.25, 0.3) is 0 Å². The minimum Gasteiger partial charge on any atom is -0.450 e. The first kappa shape index (κ1) is 17.0. The van der Waals surface area contributed by atoms with Gasteiger partial charge in [-0.15, -0.1) is 0 Å². The van der Waals surface area contributed by atoms with Crippen molar-refractivity contribution in [2.45, 2.75) is 40.7 Å². The summed E-state index contributed by atoms with van der Waals surface area (Å²) in [6.45, 7) is 9.74. The summed E-state index contributed by atoms with van der Waals surface area (Å²) >= 11 is 0. The van der Waals surface area contributed by atoms with Gasteiger partial charge in [0.2, 0.25) is 5.91 Å². The van der Waals surface area contributed by atoms with Crippen LogP contribution < -0.4 is 10.6 Å². The zero-order valence-corrected chi connectivity index (χ0v) is 13.3. The molecule has 1 atom stereocenters. The van der Waals surface area contributed by atoms with Crippen molar-refractivity contribution in [1.29, 1.82) is 0 Å². The molecule has 5 nitrogen and oxygen atoms in total. The van der Waals surface area contributed by atoms with E-state index in [0.717, 1.165) is 16.8 Å². The van der Waals surface area contributed by atoms with Gasteiger partial charge in [0, 0.05) is 5.69 Å². The van der Waals surface area contributed by atoms with Gasteiger partial charge >= 0.3 is 6.09 Å². The summed E-state index contributed by atoms with van der Waals surface area (Å²) in [5, 5.41) is 5.42. The lowest BCUT2D eigenvalue weighted by atomic mass is 10.0. The second-order valence-electron chi connectivity index (χ2n) is 5.37. The van der Waals surface area contributed by atoms with Crippen LogP contribution in [0.15, 0.2) is 18.2 Å². The highest BCUT2D eigenvalue weighted by Crippen LogP contribution is 2.15. The number of hydrogen-bond acceptors (Lipinski definition) is 3. The molecule has 0 aliphatic heterocycles. The van der Waals surface area contributed by atoms with Crippen LogP contribution in [0.4, 0.5) is 10.5 Å². The molecule has 0 aliphatic carbocycles. The maximum atomic E-state index is 12.3. The number of amides is 2. The molecule has 0 bridgehead atoms. The smallest absolute Gasteiger partial charge is 0.407 e. The van der Waals surface area contributed by atoms with Crippen molar-refractivity contribution < 1.29 is 14.3 Å². The second kappa shape index (κ2) is 7.67. The first-order valence-electron chi connectivity index (χ1n) is 7.16. The maximum absolute atomic E-state index is 12.3. The number of benzene rings is 1. The Morgan fingerprint density at radius 2 is 1.86 bits per heavy atom. The molecule has 5 heteroatoms. The predicted molar refractivity (Wildman–Crippen MR) is 83.3 cm³/mol. The van der Waals surface area contributed by atoms with E-state index in [-0.39, 0.29) is 18.4 Å². The van der Waals surface area contributed by atoms with Crippen LogP contribution in [0.3, 0.4) is 0 Å². The highest BCUT2D eigenvalue weighted by Gasteiger charge is 2.24. The van der Waals surface area contributed by atoms with Crippen LogP contribution in [-0.4, -0.2) is 24.6 Å². The molecule has 0 fully saturated rings. The largest absolute Gasteiger partial charge is 0.450 e. The Balaban J connectivity index is 2.76. The quantitative estimate of drug-likeness (QED) is 0.876. The van der Waals surface area contributed by atoms with Crippen molar-refractivity contribution in [2.75, 3.05) is 11.9 Å². The Labute approximate surface area is 126 Å². The van der Waals surface area contributed by atoms with Crippen molar-refractivity contribution in [3.05, 3.63) is 29.3 Å². The molecular formula is C16H24N2O3. The lowest BCUT2D eigenvalue weighted by Gasteiger charge is -2.21. The summed E-state index contributed by atoms with van der Waals surface area (Å²) in [5.41, 5.74) is 2.99. The molecule has 1 unspecified atom stereocenters. The van der Waals surface area contributed by atoms with Gasteiger partial charge in [-0.25, -0.2) is 4.79 Å². The summed E-state index contributed by atoms with van der Waals surface area (Å²) < 4.78 is 4.83. The highest BCUT2D eigenvalue weighted by atomic mass is 16.5. The van der Waals surface area contributed by atoms with E-state index in [1.54, 1.807) is 6.92 Å². The van der Waals surface area contributed by atoms with Crippen molar-refractivity contribution in [3.8, 4) is 0 Å². The summed E-state index contributed by atoms with van der Waals surface area (Å²) in [7, 11) is 0. The Morgan fingerprint density at radius 3 is 2.38 bits per heavy atom. The van der Waals surface area contributed by atoms with Crippen molar-refractivity contribution in [2.24, 2.45) is 5.92 Å². The Morgan fingerprint density at radius 1 is 1.19 bits per heavy atom. The van der Waals surface area contributed by atoms with Gasteiger partial charge in [-0.05, 0) is 49.9 Å². The van der Waals surface area contributed by atoms with Crippen molar-refractivity contribution in [3.63, 3.8) is 0 Å². The van der Waals surface area contributed by atoms with E-state index in [0.29, 0.717) is 0 Å². The van der Waals surface area contributed by atoms with Gasteiger partial charge in [-0.3, -0.25) is 4.79 Å². The number of carbonyl (C=O) groups excluding carboxylic acids is 2. The van der Waals surface area contributed by atoms with E-state index >= 15 is 0 Å². The van der Waals surface area contributed by atoms with Crippen LogP contribution in [0.5, 0.6) is 0 Å². The number of alkyl carbamates (subject to hydrolysis) is 1. The molecule has 2 amide bonds. The van der Waals surface area contributed by atoms with E-state index in [1.807, 2.05) is 45.9 Å². The maximum Gasteiger partial charge on any atom is 0.407 e. The normalized spacial score (nSPS) is 11.9. The molecule has 116 valence electrons. The SMILES string of the molecule is CCOC(=O)NC(C(=O)Nc1ccc(C)c(C)c1)C(C)C. The molecule has 0 radical (unpaired) electrons. The van der Waals surface area contributed by atoms with E-state index < -0.39 is 12.1 Å². The van der Waals surface area contributed by atoms with Gasteiger partial charge in [0.1, 0.15) is 6.04 Å². The van der Waals surface area contributed by atoms with Crippen LogP contribution in [-0.2, 0) is 9.53 Å². The Bertz CT molecular complexity index is 512. The standard InChI is InChI=1S/C16H24N2O3/c1-6-21-16(20)18-14(10(2)3)15(19)17-13-8-7-11(4)12(5)9-13/h7-10,14H,6H2,1-5H3,(H,17,19)(H,18,20). The molecule has 0 aromatic heterocycles. The van der Waals surface area contributed by atoms with Crippen molar-refractivity contribution >= 4 is 17.7 Å². The summed E-state index contributed by atoms with van der Waals surface area (Å²) in [6.07, 6.45) is -0.577. The minimum absolute atomic E-state index is 0.0408. The fourth-order valence-corrected chi connectivity index (χ4v) is 1.87. The van der Waals surface area contributed by atoms with Gasteiger partial charge in [0.15, 0.2) is 0 Å². The molecule has 1 rings (SSSR count). The van der Waals surface area contributed by atoms with Gasteiger partial charge in [-0.2, -0.15) is 0 Å². The van der Waals surface area contributed by atoms with E-state index in [1.165, 1.54) is 0 Å². The fraction of sp³-hybridized carbons (Fsp3) is 0.500. The monoisotopic (exact) mass is 292 g/mol. The minimum atomic E-state index is -0.634. The summed E-state index contributed by atoms with van der Waals surface area (Å²) in [5.74, 6) is -0.290.